The lowest BCUT2D eigenvalue weighted by molar-refractivity contribution is 0.0991. The predicted molar refractivity (Wildman–Crippen MR) is 86.2 cm³/mol. The fourth-order valence-corrected chi connectivity index (χ4v) is 2.69. The van der Waals surface area contributed by atoms with E-state index in [-0.39, 0.29) is 17.6 Å². The molecule has 23 heavy (non-hydrogen) atoms. The number of hydrogen-bond acceptors (Lipinski definition) is 4. The van der Waals surface area contributed by atoms with Crippen molar-refractivity contribution >= 4 is 17.8 Å². The molecule has 0 fully saturated rings. The van der Waals surface area contributed by atoms with Gasteiger partial charge in [-0.3, -0.25) is 14.6 Å². The largest absolute Gasteiger partial charge is 0.485 e. The highest BCUT2D eigenvalue weighted by molar-refractivity contribution is 5.98. The second-order valence-electron chi connectivity index (χ2n) is 5.35. The lowest BCUT2D eigenvalue weighted by Gasteiger charge is -2.24. The van der Waals surface area contributed by atoms with Gasteiger partial charge in [0, 0.05) is 29.8 Å². The van der Waals surface area contributed by atoms with Gasteiger partial charge in [0.1, 0.15) is 17.5 Å². The van der Waals surface area contributed by atoms with Crippen molar-refractivity contribution in [3.63, 3.8) is 0 Å². The summed E-state index contributed by atoms with van der Waals surface area (Å²) in [6.07, 6.45) is 5.88. The van der Waals surface area contributed by atoms with E-state index in [4.69, 9.17) is 10.5 Å². The fraction of sp³-hybridized carbons (Fsp3) is 0.167. The molecule has 0 saturated carbocycles. The monoisotopic (exact) mass is 308 g/mol. The van der Waals surface area contributed by atoms with Crippen LogP contribution in [0.15, 0.2) is 42.6 Å². The zero-order valence-electron chi connectivity index (χ0n) is 12.7. The second kappa shape index (κ2) is 6.04. The first-order chi connectivity index (χ1) is 11.1. The molecule has 2 aromatic rings. The van der Waals surface area contributed by atoms with Gasteiger partial charge in [-0.25, -0.2) is 0 Å². The van der Waals surface area contributed by atoms with Gasteiger partial charge in [-0.2, -0.15) is 0 Å². The van der Waals surface area contributed by atoms with Gasteiger partial charge in [0.15, 0.2) is 5.78 Å². The summed E-state index contributed by atoms with van der Waals surface area (Å²) in [5.74, 6) is -0.0568. The Hall–Kier alpha value is -2.95. The lowest BCUT2D eigenvalue weighted by atomic mass is 9.90. The van der Waals surface area contributed by atoms with E-state index in [1.54, 1.807) is 13.0 Å². The Bertz CT molecular complexity index is 812. The standard InChI is InChI=1S/C18H16N2O3/c1-11(21)13-4-2-6-15-14(13)5-3-7-17(15)23-12-8-9-20-16(10-12)18(19)22/h2-6,8-10,17H,7H2,1H3,(H2,19,22). The highest BCUT2D eigenvalue weighted by Gasteiger charge is 2.22. The first-order valence-electron chi connectivity index (χ1n) is 7.29. The number of amides is 1. The minimum absolute atomic E-state index is 0.0204. The summed E-state index contributed by atoms with van der Waals surface area (Å²) in [6.45, 7) is 1.55. The van der Waals surface area contributed by atoms with Crippen LogP contribution in [0, 0.1) is 0 Å². The number of ether oxygens (including phenoxy) is 1. The van der Waals surface area contributed by atoms with Crippen molar-refractivity contribution in [1.29, 1.82) is 0 Å². The van der Waals surface area contributed by atoms with E-state index in [2.05, 4.69) is 4.98 Å². The van der Waals surface area contributed by atoms with Crippen molar-refractivity contribution in [2.75, 3.05) is 0 Å². The Labute approximate surface area is 133 Å². The van der Waals surface area contributed by atoms with Crippen molar-refractivity contribution in [2.24, 2.45) is 5.73 Å². The highest BCUT2D eigenvalue weighted by atomic mass is 16.5. The topological polar surface area (TPSA) is 82.3 Å². The number of nitrogens with zero attached hydrogens (tertiary/aromatic N) is 1. The molecule has 1 aliphatic rings. The average molecular weight is 308 g/mol. The zero-order chi connectivity index (χ0) is 16.4. The molecular formula is C18H16N2O3. The van der Waals surface area contributed by atoms with Gasteiger partial charge in [-0.1, -0.05) is 30.4 Å². The number of Topliss-reactive ketones (excluding diaryl/α,β-unsaturated/α-hetero) is 1. The molecule has 0 spiro atoms. The molecule has 5 nitrogen and oxygen atoms in total. The molecule has 1 aromatic heterocycles. The number of primary amides is 1. The minimum atomic E-state index is -0.599. The molecule has 116 valence electrons. The van der Waals surface area contributed by atoms with Crippen molar-refractivity contribution in [1.82, 2.24) is 4.98 Å². The van der Waals surface area contributed by atoms with Crippen LogP contribution in [0.2, 0.25) is 0 Å². The Balaban J connectivity index is 1.94. The SMILES string of the molecule is CC(=O)c1cccc2c1C=CCC2Oc1ccnc(C(N)=O)c1. The number of pyridine rings is 1. The van der Waals surface area contributed by atoms with Crippen LogP contribution in [0.4, 0.5) is 0 Å². The summed E-state index contributed by atoms with van der Waals surface area (Å²) in [6, 6.07) is 8.82. The number of hydrogen-bond donors (Lipinski definition) is 1. The van der Waals surface area contributed by atoms with E-state index in [1.807, 2.05) is 30.4 Å². The first kappa shape index (κ1) is 15.0. The molecule has 3 rings (SSSR count). The van der Waals surface area contributed by atoms with Gasteiger partial charge < -0.3 is 10.5 Å². The summed E-state index contributed by atoms with van der Waals surface area (Å²) in [5, 5.41) is 0. The summed E-state index contributed by atoms with van der Waals surface area (Å²) in [4.78, 5) is 26.9. The summed E-state index contributed by atoms with van der Waals surface area (Å²) in [5.41, 5.74) is 7.92. The van der Waals surface area contributed by atoms with E-state index in [0.717, 1.165) is 11.1 Å². The number of carbonyl (C=O) groups excluding carboxylic acids is 2. The number of nitrogens with two attached hydrogens (primary N) is 1. The number of carbonyl (C=O) groups is 2. The van der Waals surface area contributed by atoms with E-state index in [9.17, 15) is 9.59 Å². The molecule has 0 aliphatic heterocycles. The van der Waals surface area contributed by atoms with E-state index >= 15 is 0 Å². The molecular weight excluding hydrogens is 292 g/mol. The second-order valence-corrected chi connectivity index (χ2v) is 5.35. The van der Waals surface area contributed by atoms with Crippen LogP contribution in [0.25, 0.3) is 6.08 Å². The minimum Gasteiger partial charge on any atom is -0.485 e. The molecule has 1 aromatic carbocycles. The van der Waals surface area contributed by atoms with Gasteiger partial charge in [-0.05, 0) is 18.6 Å². The van der Waals surface area contributed by atoms with Crippen molar-refractivity contribution in [3.05, 3.63) is 65.0 Å². The molecule has 1 atom stereocenters. The van der Waals surface area contributed by atoms with Crippen LogP contribution in [0.1, 0.15) is 51.4 Å². The molecule has 5 heteroatoms. The van der Waals surface area contributed by atoms with E-state index in [0.29, 0.717) is 17.7 Å². The molecule has 1 heterocycles. The van der Waals surface area contributed by atoms with Crippen LogP contribution in [0.5, 0.6) is 5.75 Å². The Kier molecular flexibility index (Phi) is 3.93. The number of aromatic nitrogens is 1. The van der Waals surface area contributed by atoms with Gasteiger partial charge in [0.05, 0.1) is 0 Å². The van der Waals surface area contributed by atoms with Crippen molar-refractivity contribution < 1.29 is 14.3 Å². The number of benzene rings is 1. The van der Waals surface area contributed by atoms with Crippen LogP contribution >= 0.6 is 0 Å². The Morgan fingerprint density at radius 2 is 2.13 bits per heavy atom. The van der Waals surface area contributed by atoms with Crippen LogP contribution in [0.3, 0.4) is 0 Å². The van der Waals surface area contributed by atoms with Crippen molar-refractivity contribution in [2.45, 2.75) is 19.4 Å². The van der Waals surface area contributed by atoms with Crippen molar-refractivity contribution in [3.8, 4) is 5.75 Å². The molecule has 1 aliphatic carbocycles. The fourth-order valence-electron chi connectivity index (χ4n) is 2.69. The summed E-state index contributed by atoms with van der Waals surface area (Å²) < 4.78 is 6.00. The van der Waals surface area contributed by atoms with Gasteiger partial charge in [0.2, 0.25) is 0 Å². The number of rotatable bonds is 4. The van der Waals surface area contributed by atoms with E-state index < -0.39 is 5.91 Å². The molecule has 0 saturated heterocycles. The Morgan fingerprint density at radius 1 is 1.30 bits per heavy atom. The first-order valence-corrected chi connectivity index (χ1v) is 7.29. The lowest BCUT2D eigenvalue weighted by Crippen LogP contribution is -2.15. The van der Waals surface area contributed by atoms with Crippen LogP contribution < -0.4 is 10.5 Å². The third kappa shape index (κ3) is 2.99. The average Bonchev–Trinajstić information content (AvgIpc) is 2.54. The van der Waals surface area contributed by atoms with E-state index in [1.165, 1.54) is 12.3 Å². The maximum Gasteiger partial charge on any atom is 0.267 e. The zero-order valence-corrected chi connectivity index (χ0v) is 12.7. The van der Waals surface area contributed by atoms with Gasteiger partial charge in [0.25, 0.3) is 5.91 Å². The van der Waals surface area contributed by atoms with Crippen LogP contribution in [-0.2, 0) is 0 Å². The molecule has 0 radical (unpaired) electrons. The van der Waals surface area contributed by atoms with Crippen LogP contribution in [-0.4, -0.2) is 16.7 Å². The Morgan fingerprint density at radius 3 is 2.87 bits per heavy atom. The third-order valence-electron chi connectivity index (χ3n) is 3.76. The quantitative estimate of drug-likeness (QED) is 0.880. The summed E-state index contributed by atoms with van der Waals surface area (Å²) >= 11 is 0. The number of ketones is 1. The van der Waals surface area contributed by atoms with Gasteiger partial charge in [-0.15, -0.1) is 0 Å². The predicted octanol–water partition coefficient (Wildman–Crippen LogP) is 2.92. The smallest absolute Gasteiger partial charge is 0.267 e. The highest BCUT2D eigenvalue weighted by Crippen LogP contribution is 2.34. The maximum absolute atomic E-state index is 11.8. The molecule has 2 N–H and O–H groups in total. The number of fused-ring (bicyclic) bond motifs is 1. The molecule has 1 unspecified atom stereocenters. The normalized spacial score (nSPS) is 15.8. The molecule has 0 bridgehead atoms. The van der Waals surface area contributed by atoms with Gasteiger partial charge >= 0.3 is 0 Å². The maximum atomic E-state index is 11.8. The summed E-state index contributed by atoms with van der Waals surface area (Å²) in [7, 11) is 0. The third-order valence-corrected chi connectivity index (χ3v) is 3.76. The molecule has 1 amide bonds.